The van der Waals surface area contributed by atoms with Crippen molar-refractivity contribution in [2.75, 3.05) is 13.7 Å². The second kappa shape index (κ2) is 17.3. The van der Waals surface area contributed by atoms with Crippen molar-refractivity contribution in [3.63, 3.8) is 0 Å². The smallest absolute Gasteiger partial charge is 0.323 e. The van der Waals surface area contributed by atoms with E-state index in [1.165, 1.54) is 6.08 Å². The summed E-state index contributed by atoms with van der Waals surface area (Å²) in [7, 11) is -0.678. The van der Waals surface area contributed by atoms with Gasteiger partial charge < -0.3 is 33.8 Å². The molecule has 2 aliphatic heterocycles. The van der Waals surface area contributed by atoms with Crippen LogP contribution in [0.3, 0.4) is 0 Å². The van der Waals surface area contributed by atoms with E-state index in [9.17, 15) is 9.59 Å². The summed E-state index contributed by atoms with van der Waals surface area (Å²) in [5.74, 6) is 0.688. The van der Waals surface area contributed by atoms with Gasteiger partial charge in [0.05, 0.1) is 18.3 Å². The third kappa shape index (κ3) is 10.5. The number of esters is 1. The molecule has 0 aromatic heterocycles. The van der Waals surface area contributed by atoms with Crippen LogP contribution in [0.15, 0.2) is 55.0 Å². The summed E-state index contributed by atoms with van der Waals surface area (Å²) in [5.41, 5.74) is -0.566. The first-order valence-electron chi connectivity index (χ1n) is 13.3. The van der Waals surface area contributed by atoms with Crippen molar-refractivity contribution in [1.82, 2.24) is 15.3 Å². The normalized spacial score (nSPS) is 23.6. The zero-order valence-corrected chi connectivity index (χ0v) is 25.4. The van der Waals surface area contributed by atoms with Gasteiger partial charge in [0.2, 0.25) is 0 Å². The van der Waals surface area contributed by atoms with Crippen LogP contribution in [0.5, 0.6) is 5.75 Å². The molecule has 0 bridgehead atoms. The maximum absolute atomic E-state index is 12.4. The number of hydrogen-bond donors (Lipinski definition) is 3. The van der Waals surface area contributed by atoms with E-state index in [1.54, 1.807) is 13.1 Å². The number of hydrogen-bond acceptors (Lipinski definition) is 9. The van der Waals surface area contributed by atoms with Crippen LogP contribution in [-0.2, 0) is 23.6 Å². The van der Waals surface area contributed by atoms with Crippen molar-refractivity contribution in [1.29, 1.82) is 0 Å². The quantitative estimate of drug-likeness (QED) is 0.255. The molecule has 11 heteroatoms. The zero-order valence-electron chi connectivity index (χ0n) is 24.5. The fraction of sp³-hybridized carbons (Fsp3) is 0.571. The lowest BCUT2D eigenvalue weighted by molar-refractivity contribution is -0.149. The lowest BCUT2D eigenvalue weighted by Gasteiger charge is -2.35. The predicted molar refractivity (Wildman–Crippen MR) is 153 cm³/mol. The predicted octanol–water partition coefficient (Wildman–Crippen LogP) is 4.82. The lowest BCUT2D eigenvalue weighted by atomic mass is 9.92. The van der Waals surface area contributed by atoms with E-state index in [2.05, 4.69) is 30.8 Å². The molecule has 220 valence electrons. The average molecular weight is 568 g/mol. The number of carbonyl (C=O) groups is 2. The molecule has 1 saturated heterocycles. The Kier molecular flexibility index (Phi) is 15.3. The van der Waals surface area contributed by atoms with Gasteiger partial charge in [0.1, 0.15) is 23.8 Å². The number of aliphatic hydroxyl groups is 1. The Bertz CT molecular complexity index is 931. The highest BCUT2D eigenvalue weighted by Gasteiger charge is 2.47. The molecule has 0 aliphatic carbocycles. The SMILES string of the molecule is C=C1NC(=O)C=CN1C1O[C@](CC)(COP(NC(C)C(=O)OC(C)C)Oc2ccccc2)CC1C.CC.CO. The minimum Gasteiger partial charge on any atom is -0.462 e. The van der Waals surface area contributed by atoms with Gasteiger partial charge in [-0.3, -0.25) is 9.59 Å². The third-order valence-corrected chi connectivity index (χ3v) is 7.15. The highest BCUT2D eigenvalue weighted by Crippen LogP contribution is 2.44. The number of ether oxygens (including phenoxy) is 2. The Hall–Kier alpha value is -2.49. The van der Waals surface area contributed by atoms with Gasteiger partial charge in [-0.15, -0.1) is 0 Å². The maximum Gasteiger partial charge on any atom is 0.323 e. The first kappa shape index (κ1) is 34.5. The maximum atomic E-state index is 12.4. The van der Waals surface area contributed by atoms with Gasteiger partial charge in [-0.05, 0) is 45.7 Å². The topological polar surface area (TPSA) is 119 Å². The van der Waals surface area contributed by atoms with Gasteiger partial charge in [-0.2, -0.15) is 0 Å². The molecule has 10 nitrogen and oxygen atoms in total. The van der Waals surface area contributed by atoms with Crippen molar-refractivity contribution < 1.29 is 33.2 Å². The Labute approximate surface area is 234 Å². The summed E-state index contributed by atoms with van der Waals surface area (Å²) in [6.45, 7) is 17.7. The molecule has 3 N–H and O–H groups in total. The third-order valence-electron chi connectivity index (χ3n) is 5.82. The number of carbonyl (C=O) groups excluding carboxylic acids is 2. The number of amides is 1. The van der Waals surface area contributed by atoms with E-state index in [1.807, 2.05) is 62.9 Å². The van der Waals surface area contributed by atoms with E-state index in [-0.39, 0.29) is 36.7 Å². The van der Waals surface area contributed by atoms with Crippen LogP contribution >= 0.6 is 8.53 Å². The summed E-state index contributed by atoms with van der Waals surface area (Å²) < 4.78 is 24.2. The molecular weight excluding hydrogens is 521 g/mol. The van der Waals surface area contributed by atoms with Crippen LogP contribution < -0.4 is 14.9 Å². The molecule has 1 amide bonds. The fourth-order valence-electron chi connectivity index (χ4n) is 3.97. The largest absolute Gasteiger partial charge is 0.462 e. The molecule has 1 fully saturated rings. The number of aliphatic hydroxyl groups excluding tert-OH is 1. The van der Waals surface area contributed by atoms with E-state index in [0.717, 1.165) is 13.5 Å². The van der Waals surface area contributed by atoms with Crippen molar-refractivity contribution in [3.05, 3.63) is 55.0 Å². The monoisotopic (exact) mass is 567 g/mol. The average Bonchev–Trinajstić information content (AvgIpc) is 3.26. The molecule has 4 unspecified atom stereocenters. The molecule has 39 heavy (non-hydrogen) atoms. The molecule has 2 aliphatic rings. The van der Waals surface area contributed by atoms with E-state index >= 15 is 0 Å². The summed E-state index contributed by atoms with van der Waals surface area (Å²) in [4.78, 5) is 25.8. The summed E-state index contributed by atoms with van der Waals surface area (Å²) in [6, 6.07) is 8.69. The molecule has 0 radical (unpaired) electrons. The van der Waals surface area contributed by atoms with Crippen LogP contribution in [0, 0.1) is 5.92 Å². The molecule has 1 aromatic rings. The number of nitrogens with one attached hydrogen (secondary N) is 2. The molecule has 3 rings (SSSR count). The van der Waals surface area contributed by atoms with Crippen LogP contribution in [0.25, 0.3) is 0 Å². The zero-order chi connectivity index (χ0) is 29.6. The van der Waals surface area contributed by atoms with E-state index in [4.69, 9.17) is 23.6 Å². The molecule has 5 atom stereocenters. The number of para-hydroxylation sites is 1. The van der Waals surface area contributed by atoms with Crippen LogP contribution in [0.4, 0.5) is 0 Å². The van der Waals surface area contributed by atoms with Gasteiger partial charge in [0, 0.05) is 25.3 Å². The van der Waals surface area contributed by atoms with Gasteiger partial charge in [0.15, 0.2) is 0 Å². The Morgan fingerprint density at radius 2 is 1.92 bits per heavy atom. The standard InChI is InChI=1S/C25H36N3O6P.C2H6.CH4O/c1-7-25(15-18(4)23(33-25)28-14-13-22(29)26-20(28)6)16-31-35(34-21-11-9-8-10-12-21)27-19(5)24(30)32-17(2)3;2*1-2/h8-14,17-19,23,27H,6-7,15-16H2,1-5H3,(H,26,29);1-2H3;2H,1H3/t18?,19?,23?,25-,35?;;/m0../s1. The van der Waals surface area contributed by atoms with Crippen molar-refractivity contribution in [3.8, 4) is 5.75 Å². The van der Waals surface area contributed by atoms with Gasteiger partial charge >= 0.3 is 14.5 Å². The molecule has 1 aromatic carbocycles. The molecule has 2 heterocycles. The first-order chi connectivity index (χ1) is 18.6. The Balaban J connectivity index is 0.00000181. The number of rotatable bonds is 11. The first-order valence-corrected chi connectivity index (χ1v) is 14.5. The summed E-state index contributed by atoms with van der Waals surface area (Å²) in [6.07, 6.45) is 4.11. The minimum atomic E-state index is -1.68. The number of benzene rings is 1. The highest BCUT2D eigenvalue weighted by atomic mass is 31.2. The van der Waals surface area contributed by atoms with Crippen LogP contribution in [0.1, 0.15) is 61.3 Å². The van der Waals surface area contributed by atoms with Gasteiger partial charge in [-0.1, -0.05) is 52.5 Å². The van der Waals surface area contributed by atoms with Crippen molar-refractivity contribution >= 4 is 20.4 Å². The minimum absolute atomic E-state index is 0.157. The van der Waals surface area contributed by atoms with E-state index < -0.39 is 20.2 Å². The summed E-state index contributed by atoms with van der Waals surface area (Å²) >= 11 is 0. The van der Waals surface area contributed by atoms with Crippen LogP contribution in [0.2, 0.25) is 0 Å². The molecule has 0 spiro atoms. The van der Waals surface area contributed by atoms with Crippen molar-refractivity contribution in [2.24, 2.45) is 5.92 Å². The Morgan fingerprint density at radius 1 is 1.28 bits per heavy atom. The van der Waals surface area contributed by atoms with Crippen molar-refractivity contribution in [2.45, 2.75) is 85.3 Å². The molecule has 0 saturated carbocycles. The second-order valence-electron chi connectivity index (χ2n) is 9.16. The highest BCUT2D eigenvalue weighted by molar-refractivity contribution is 7.45. The summed E-state index contributed by atoms with van der Waals surface area (Å²) in [5, 5.41) is 12.9. The second-order valence-corrected chi connectivity index (χ2v) is 10.4. The lowest BCUT2D eigenvalue weighted by Crippen LogP contribution is -2.44. The molecular formula is C28H46N3O7P. The Morgan fingerprint density at radius 3 is 2.49 bits per heavy atom. The van der Waals surface area contributed by atoms with E-state index in [0.29, 0.717) is 18.0 Å². The van der Waals surface area contributed by atoms with Gasteiger partial charge in [-0.25, -0.2) is 5.09 Å². The fourth-order valence-corrected chi connectivity index (χ4v) is 5.24. The number of nitrogens with zero attached hydrogens (tertiary/aromatic N) is 1. The van der Waals surface area contributed by atoms with Gasteiger partial charge in [0.25, 0.3) is 5.91 Å². The van der Waals surface area contributed by atoms with Crippen LogP contribution in [-0.4, -0.2) is 59.6 Å².